The molecule has 0 spiro atoms. The molecule has 0 bridgehead atoms. The van der Waals surface area contributed by atoms with E-state index in [9.17, 15) is 4.79 Å². The molecule has 0 unspecified atom stereocenters. The molecule has 32 heavy (non-hydrogen) atoms. The van der Waals surface area contributed by atoms with Gasteiger partial charge in [-0.1, -0.05) is 76.6 Å². The third-order valence-electron chi connectivity index (χ3n) is 5.53. The third kappa shape index (κ3) is 10.4. The van der Waals surface area contributed by atoms with Gasteiger partial charge in [0.1, 0.15) is 13.2 Å². The molecule has 0 aliphatic rings. The molecular formula is C27H36I2O3. The molecule has 5 heteroatoms. The Balaban J connectivity index is 1.80. The molecule has 0 aliphatic carbocycles. The molecule has 0 atom stereocenters. The van der Waals surface area contributed by atoms with E-state index < -0.39 is 6.16 Å². The Morgan fingerprint density at radius 2 is 1.12 bits per heavy atom. The number of halogens is 2. The highest BCUT2D eigenvalue weighted by atomic mass is 127. The number of unbranched alkanes of at least 4 members (excludes halogenated alkanes) is 6. The van der Waals surface area contributed by atoms with Crippen molar-refractivity contribution >= 4 is 51.3 Å². The fourth-order valence-electron chi connectivity index (χ4n) is 3.63. The number of carbonyl (C=O) groups is 1. The van der Waals surface area contributed by atoms with E-state index in [4.69, 9.17) is 9.47 Å². The van der Waals surface area contributed by atoms with E-state index in [-0.39, 0.29) is 13.2 Å². The number of rotatable bonds is 14. The van der Waals surface area contributed by atoms with Crippen molar-refractivity contribution in [3.63, 3.8) is 0 Å². The van der Waals surface area contributed by atoms with Crippen molar-refractivity contribution in [2.24, 2.45) is 0 Å². The van der Waals surface area contributed by atoms with Crippen LogP contribution in [0.1, 0.15) is 87.5 Å². The van der Waals surface area contributed by atoms with E-state index in [0.29, 0.717) is 0 Å². The van der Waals surface area contributed by atoms with Crippen LogP contribution < -0.4 is 0 Å². The van der Waals surface area contributed by atoms with Crippen LogP contribution in [0.2, 0.25) is 0 Å². The van der Waals surface area contributed by atoms with Crippen LogP contribution in [0, 0.1) is 7.14 Å². The Hall–Kier alpha value is -0.830. The van der Waals surface area contributed by atoms with E-state index in [1.807, 2.05) is 12.1 Å². The van der Waals surface area contributed by atoms with Crippen LogP contribution in [0.4, 0.5) is 4.79 Å². The summed E-state index contributed by atoms with van der Waals surface area (Å²) in [6.07, 6.45) is 11.5. The average molecular weight is 662 g/mol. The monoisotopic (exact) mass is 662 g/mol. The predicted octanol–water partition coefficient (Wildman–Crippen LogP) is 8.99. The zero-order valence-corrected chi connectivity index (χ0v) is 23.7. The predicted molar refractivity (Wildman–Crippen MR) is 149 cm³/mol. The minimum absolute atomic E-state index is 0.243. The molecule has 0 aromatic heterocycles. The third-order valence-corrected chi connectivity index (χ3v) is 7.64. The first-order chi connectivity index (χ1) is 15.5. The van der Waals surface area contributed by atoms with Crippen molar-refractivity contribution in [3.8, 4) is 0 Å². The fourth-order valence-corrected chi connectivity index (χ4v) is 4.84. The molecule has 176 valence electrons. The zero-order valence-electron chi connectivity index (χ0n) is 19.4. The number of ether oxygens (including phenoxy) is 2. The number of hydrogen-bond donors (Lipinski definition) is 0. The summed E-state index contributed by atoms with van der Waals surface area (Å²) in [5, 5.41) is 0. The molecule has 0 amide bonds. The summed E-state index contributed by atoms with van der Waals surface area (Å²) in [4.78, 5) is 12.1. The Bertz CT molecular complexity index is 768. The second-order valence-corrected chi connectivity index (χ2v) is 10.6. The Morgan fingerprint density at radius 1 is 0.688 bits per heavy atom. The second-order valence-electron chi connectivity index (χ2n) is 8.30. The van der Waals surface area contributed by atoms with E-state index in [1.54, 1.807) is 0 Å². The lowest BCUT2D eigenvalue weighted by molar-refractivity contribution is 0.0446. The van der Waals surface area contributed by atoms with E-state index >= 15 is 0 Å². The summed E-state index contributed by atoms with van der Waals surface area (Å²) >= 11 is 4.77. The largest absolute Gasteiger partial charge is 0.508 e. The van der Waals surface area contributed by atoms with Gasteiger partial charge in [-0.3, -0.25) is 0 Å². The van der Waals surface area contributed by atoms with E-state index in [0.717, 1.165) is 24.0 Å². The smallest absolute Gasteiger partial charge is 0.429 e. The fraction of sp³-hybridized carbons (Fsp3) is 0.519. The first kappa shape index (κ1) is 27.4. The number of hydrogen-bond acceptors (Lipinski definition) is 3. The maximum absolute atomic E-state index is 12.1. The van der Waals surface area contributed by atoms with Gasteiger partial charge in [0.15, 0.2) is 0 Å². The van der Waals surface area contributed by atoms with Gasteiger partial charge >= 0.3 is 6.16 Å². The lowest BCUT2D eigenvalue weighted by Crippen LogP contribution is -2.08. The van der Waals surface area contributed by atoms with Crippen LogP contribution in [0.3, 0.4) is 0 Å². The summed E-state index contributed by atoms with van der Waals surface area (Å²) in [5.74, 6) is 0. The lowest BCUT2D eigenvalue weighted by atomic mass is 10.0. The van der Waals surface area contributed by atoms with E-state index in [1.165, 1.54) is 69.6 Å². The van der Waals surface area contributed by atoms with Crippen LogP contribution in [0.25, 0.3) is 0 Å². The Kier molecular flexibility index (Phi) is 13.6. The standard InChI is InChI=1S/C27H36I2O3/c1-3-5-7-9-11-23-17-21(13-15-25(23)28)19-31-27(30)32-20-22-14-16-26(29)24(18-22)12-10-8-6-4-2/h13-18H,3-12,19-20H2,1-2H3. The highest BCUT2D eigenvalue weighted by Crippen LogP contribution is 2.20. The molecule has 0 aliphatic heterocycles. The van der Waals surface area contributed by atoms with Crippen LogP contribution >= 0.6 is 45.2 Å². The second kappa shape index (κ2) is 15.9. The topological polar surface area (TPSA) is 35.5 Å². The highest BCUT2D eigenvalue weighted by molar-refractivity contribution is 14.1. The summed E-state index contributed by atoms with van der Waals surface area (Å²) < 4.78 is 13.3. The van der Waals surface area contributed by atoms with Crippen LogP contribution in [-0.4, -0.2) is 6.16 Å². The SMILES string of the molecule is CCCCCCc1cc(COC(=O)OCc2ccc(I)c(CCCCCC)c2)ccc1I. The Labute approximate surface area is 221 Å². The van der Waals surface area contributed by atoms with Gasteiger partial charge < -0.3 is 9.47 Å². The van der Waals surface area contributed by atoms with Crippen LogP contribution in [0.5, 0.6) is 0 Å². The van der Waals surface area contributed by atoms with Crippen molar-refractivity contribution in [1.29, 1.82) is 0 Å². The highest BCUT2D eigenvalue weighted by Gasteiger charge is 2.09. The molecule has 0 radical (unpaired) electrons. The minimum Gasteiger partial charge on any atom is -0.429 e. The number of aryl methyl sites for hydroxylation is 2. The van der Waals surface area contributed by atoms with Crippen LogP contribution in [0.15, 0.2) is 36.4 Å². The van der Waals surface area contributed by atoms with Crippen molar-refractivity contribution < 1.29 is 14.3 Å². The molecule has 3 nitrogen and oxygen atoms in total. The molecule has 0 heterocycles. The van der Waals surface area contributed by atoms with Gasteiger partial charge in [0, 0.05) is 7.14 Å². The van der Waals surface area contributed by atoms with Crippen molar-refractivity contribution in [1.82, 2.24) is 0 Å². The van der Waals surface area contributed by atoms with Gasteiger partial charge in [-0.05, 0) is 105 Å². The quantitative estimate of drug-likeness (QED) is 0.115. The molecule has 2 aromatic carbocycles. The van der Waals surface area contributed by atoms with Gasteiger partial charge in [0.2, 0.25) is 0 Å². The average Bonchev–Trinajstić information content (AvgIpc) is 2.80. The number of carbonyl (C=O) groups excluding carboxylic acids is 1. The molecule has 0 saturated carbocycles. The van der Waals surface area contributed by atoms with Gasteiger partial charge in [-0.2, -0.15) is 0 Å². The number of benzene rings is 2. The van der Waals surface area contributed by atoms with Crippen molar-refractivity contribution in [2.75, 3.05) is 0 Å². The molecule has 0 saturated heterocycles. The van der Waals surface area contributed by atoms with Crippen molar-refractivity contribution in [2.45, 2.75) is 91.3 Å². The molecular weight excluding hydrogens is 626 g/mol. The zero-order chi connectivity index (χ0) is 23.2. The van der Waals surface area contributed by atoms with E-state index in [2.05, 4.69) is 83.3 Å². The normalized spacial score (nSPS) is 10.9. The first-order valence-corrected chi connectivity index (χ1v) is 14.0. The van der Waals surface area contributed by atoms with Crippen LogP contribution in [-0.2, 0) is 35.5 Å². The molecule has 0 N–H and O–H groups in total. The summed E-state index contributed by atoms with van der Waals surface area (Å²) in [6, 6.07) is 12.6. The molecule has 0 fully saturated rings. The van der Waals surface area contributed by atoms with Crippen molar-refractivity contribution in [3.05, 3.63) is 65.8 Å². The molecule has 2 aromatic rings. The molecule has 2 rings (SSSR count). The summed E-state index contributed by atoms with van der Waals surface area (Å²) in [7, 11) is 0. The minimum atomic E-state index is -0.615. The maximum Gasteiger partial charge on any atom is 0.508 e. The lowest BCUT2D eigenvalue weighted by Gasteiger charge is -2.11. The van der Waals surface area contributed by atoms with Gasteiger partial charge in [0.25, 0.3) is 0 Å². The van der Waals surface area contributed by atoms with Gasteiger partial charge in [0.05, 0.1) is 0 Å². The summed E-state index contributed by atoms with van der Waals surface area (Å²) in [5.41, 5.74) is 4.69. The van der Waals surface area contributed by atoms with Gasteiger partial charge in [-0.25, -0.2) is 4.79 Å². The summed E-state index contributed by atoms with van der Waals surface area (Å²) in [6.45, 7) is 4.94. The van der Waals surface area contributed by atoms with Gasteiger partial charge in [-0.15, -0.1) is 0 Å². The maximum atomic E-state index is 12.1. The Morgan fingerprint density at radius 3 is 1.53 bits per heavy atom. The first-order valence-electron chi connectivity index (χ1n) is 11.9.